The van der Waals surface area contributed by atoms with E-state index in [9.17, 15) is 0 Å². The van der Waals surface area contributed by atoms with Crippen LogP contribution in [0.25, 0.3) is 0 Å². The Bertz CT molecular complexity index is 387. The van der Waals surface area contributed by atoms with Crippen molar-refractivity contribution in [3.63, 3.8) is 0 Å². The van der Waals surface area contributed by atoms with Gasteiger partial charge in [0.15, 0.2) is 5.96 Å². The summed E-state index contributed by atoms with van der Waals surface area (Å²) in [5, 5.41) is 0. The number of nitrogens with zero attached hydrogens (tertiary/aromatic N) is 2. The van der Waals surface area contributed by atoms with E-state index in [4.69, 9.17) is 10.5 Å². The Morgan fingerprint density at radius 3 is 2.62 bits per heavy atom. The zero-order valence-corrected chi connectivity index (χ0v) is 13.7. The van der Waals surface area contributed by atoms with Gasteiger partial charge in [0.25, 0.3) is 0 Å². The molecule has 2 atom stereocenters. The quantitative estimate of drug-likeness (QED) is 0.796. The zero-order chi connectivity index (χ0) is 14.9. The number of hydrogen-bond acceptors (Lipinski definition) is 4. The number of rotatable bonds is 2. The molecule has 2 aliphatic heterocycles. The molecule has 0 aromatic rings. The molecular formula is C17H31N3O. The lowest BCUT2D eigenvalue weighted by Crippen LogP contribution is -2.60. The van der Waals surface area contributed by atoms with Crippen LogP contribution in [0.2, 0.25) is 0 Å². The van der Waals surface area contributed by atoms with Gasteiger partial charge in [0, 0.05) is 12.6 Å². The number of guanidine groups is 1. The minimum absolute atomic E-state index is 0.145. The van der Waals surface area contributed by atoms with Gasteiger partial charge in [0.2, 0.25) is 0 Å². The zero-order valence-electron chi connectivity index (χ0n) is 13.7. The van der Waals surface area contributed by atoms with Crippen LogP contribution in [0.4, 0.5) is 0 Å². The SMILES string of the molecule is CC(C)C1CC2(CCO1)CN=C(N)N2C1CCCCCC1. The maximum Gasteiger partial charge on any atom is 0.192 e. The Kier molecular flexibility index (Phi) is 4.43. The predicted molar refractivity (Wildman–Crippen MR) is 86.4 cm³/mol. The maximum atomic E-state index is 6.32. The fourth-order valence-corrected chi connectivity index (χ4v) is 4.44. The third-order valence-corrected chi connectivity index (χ3v) is 5.71. The van der Waals surface area contributed by atoms with Crippen LogP contribution in [0.3, 0.4) is 0 Å². The highest BCUT2D eigenvalue weighted by Crippen LogP contribution is 2.40. The molecule has 1 saturated heterocycles. The molecule has 0 radical (unpaired) electrons. The normalized spacial score (nSPS) is 35.3. The third-order valence-electron chi connectivity index (χ3n) is 5.71. The van der Waals surface area contributed by atoms with Crippen molar-refractivity contribution in [3.8, 4) is 0 Å². The molecule has 2 fully saturated rings. The van der Waals surface area contributed by atoms with Crippen LogP contribution in [-0.2, 0) is 4.74 Å². The first-order valence-electron chi connectivity index (χ1n) is 8.83. The Balaban J connectivity index is 1.80. The summed E-state index contributed by atoms with van der Waals surface area (Å²) >= 11 is 0. The molecular weight excluding hydrogens is 262 g/mol. The molecule has 0 amide bonds. The fourth-order valence-electron chi connectivity index (χ4n) is 4.44. The summed E-state index contributed by atoms with van der Waals surface area (Å²) in [6.45, 7) is 6.26. The Morgan fingerprint density at radius 2 is 1.95 bits per heavy atom. The Hall–Kier alpha value is -0.770. The van der Waals surface area contributed by atoms with Crippen molar-refractivity contribution >= 4 is 5.96 Å². The third kappa shape index (κ3) is 2.92. The van der Waals surface area contributed by atoms with E-state index in [1.165, 1.54) is 38.5 Å². The van der Waals surface area contributed by atoms with Crippen LogP contribution in [0.5, 0.6) is 0 Å². The van der Waals surface area contributed by atoms with Crippen LogP contribution in [0.15, 0.2) is 4.99 Å². The molecule has 21 heavy (non-hydrogen) atoms. The molecule has 3 aliphatic rings. The van der Waals surface area contributed by atoms with Crippen molar-refractivity contribution in [1.29, 1.82) is 0 Å². The van der Waals surface area contributed by atoms with Gasteiger partial charge in [0.1, 0.15) is 0 Å². The second-order valence-electron chi connectivity index (χ2n) is 7.52. The highest BCUT2D eigenvalue weighted by molar-refractivity contribution is 5.81. The first kappa shape index (κ1) is 15.1. The minimum Gasteiger partial charge on any atom is -0.378 e. The van der Waals surface area contributed by atoms with E-state index in [-0.39, 0.29) is 5.54 Å². The highest BCUT2D eigenvalue weighted by Gasteiger charge is 2.48. The van der Waals surface area contributed by atoms with E-state index in [0.717, 1.165) is 32.0 Å². The van der Waals surface area contributed by atoms with E-state index in [2.05, 4.69) is 23.7 Å². The summed E-state index contributed by atoms with van der Waals surface area (Å²) in [6.07, 6.45) is 10.5. The Morgan fingerprint density at radius 1 is 1.24 bits per heavy atom. The van der Waals surface area contributed by atoms with Gasteiger partial charge >= 0.3 is 0 Å². The molecule has 0 bridgehead atoms. The van der Waals surface area contributed by atoms with Crippen LogP contribution in [0, 0.1) is 5.92 Å². The van der Waals surface area contributed by atoms with E-state index < -0.39 is 0 Å². The molecule has 1 saturated carbocycles. The van der Waals surface area contributed by atoms with Gasteiger partial charge in [-0.1, -0.05) is 39.5 Å². The van der Waals surface area contributed by atoms with Crippen molar-refractivity contribution in [2.45, 2.75) is 82.9 Å². The van der Waals surface area contributed by atoms with Crippen molar-refractivity contribution < 1.29 is 4.74 Å². The molecule has 120 valence electrons. The summed E-state index contributed by atoms with van der Waals surface area (Å²) in [6, 6.07) is 0.602. The van der Waals surface area contributed by atoms with Crippen LogP contribution < -0.4 is 5.73 Å². The Labute approximate surface area is 129 Å². The summed E-state index contributed by atoms with van der Waals surface area (Å²) in [5.74, 6) is 1.37. The van der Waals surface area contributed by atoms with Gasteiger partial charge in [-0.15, -0.1) is 0 Å². The molecule has 4 nitrogen and oxygen atoms in total. The largest absolute Gasteiger partial charge is 0.378 e. The van der Waals surface area contributed by atoms with Crippen LogP contribution in [-0.4, -0.2) is 41.7 Å². The van der Waals surface area contributed by atoms with Gasteiger partial charge in [-0.25, -0.2) is 0 Å². The van der Waals surface area contributed by atoms with Crippen molar-refractivity contribution in [2.24, 2.45) is 16.6 Å². The lowest BCUT2D eigenvalue weighted by Gasteiger charge is -2.48. The molecule has 1 aliphatic carbocycles. The standard InChI is InChI=1S/C17H31N3O/c1-13(2)15-11-17(9-10-21-15)12-19-16(18)20(17)14-7-5-3-4-6-8-14/h13-15H,3-12H2,1-2H3,(H2,18,19). The number of hydrogen-bond donors (Lipinski definition) is 1. The molecule has 2 N–H and O–H groups in total. The number of aliphatic imine (C=N–C) groups is 1. The molecule has 3 rings (SSSR count). The average molecular weight is 293 g/mol. The predicted octanol–water partition coefficient (Wildman–Crippen LogP) is 2.91. The number of nitrogens with two attached hydrogens (primary N) is 1. The fraction of sp³-hybridized carbons (Fsp3) is 0.941. The van der Waals surface area contributed by atoms with Crippen LogP contribution in [0.1, 0.15) is 65.2 Å². The topological polar surface area (TPSA) is 50.9 Å². The molecule has 0 aromatic carbocycles. The number of ether oxygens (including phenoxy) is 1. The lowest BCUT2D eigenvalue weighted by atomic mass is 9.81. The molecule has 1 spiro atoms. The van der Waals surface area contributed by atoms with Crippen molar-refractivity contribution in [3.05, 3.63) is 0 Å². The molecule has 0 aromatic heterocycles. The summed E-state index contributed by atoms with van der Waals surface area (Å²) < 4.78 is 6.00. The molecule has 2 heterocycles. The summed E-state index contributed by atoms with van der Waals surface area (Å²) in [4.78, 5) is 7.18. The van der Waals surface area contributed by atoms with E-state index in [1.807, 2.05) is 0 Å². The van der Waals surface area contributed by atoms with Crippen molar-refractivity contribution in [1.82, 2.24) is 4.90 Å². The smallest absolute Gasteiger partial charge is 0.192 e. The van der Waals surface area contributed by atoms with Gasteiger partial charge < -0.3 is 15.4 Å². The molecule has 4 heteroatoms. The van der Waals surface area contributed by atoms with E-state index in [0.29, 0.717) is 18.1 Å². The second-order valence-corrected chi connectivity index (χ2v) is 7.52. The van der Waals surface area contributed by atoms with Crippen molar-refractivity contribution in [2.75, 3.05) is 13.2 Å². The monoisotopic (exact) mass is 293 g/mol. The summed E-state index contributed by atoms with van der Waals surface area (Å²) in [7, 11) is 0. The van der Waals surface area contributed by atoms with E-state index >= 15 is 0 Å². The lowest BCUT2D eigenvalue weighted by molar-refractivity contribution is -0.0748. The first-order valence-corrected chi connectivity index (χ1v) is 8.83. The maximum absolute atomic E-state index is 6.32. The average Bonchev–Trinajstić information content (AvgIpc) is 2.68. The summed E-state index contributed by atoms with van der Waals surface area (Å²) in [5.41, 5.74) is 6.47. The minimum atomic E-state index is 0.145. The van der Waals surface area contributed by atoms with E-state index in [1.54, 1.807) is 0 Å². The van der Waals surface area contributed by atoms with Gasteiger partial charge in [-0.2, -0.15) is 0 Å². The van der Waals surface area contributed by atoms with Gasteiger partial charge in [-0.3, -0.25) is 4.99 Å². The second kappa shape index (κ2) is 6.15. The first-order chi connectivity index (χ1) is 10.1. The van der Waals surface area contributed by atoms with Gasteiger partial charge in [0.05, 0.1) is 18.2 Å². The highest BCUT2D eigenvalue weighted by atomic mass is 16.5. The van der Waals surface area contributed by atoms with Gasteiger partial charge in [-0.05, 0) is 31.6 Å². The van der Waals surface area contributed by atoms with Crippen LogP contribution >= 0.6 is 0 Å². The molecule has 2 unspecified atom stereocenters.